The van der Waals surface area contributed by atoms with E-state index in [2.05, 4.69) is 22.2 Å². The fraction of sp³-hybridized carbons (Fsp3) is 0.450. The Morgan fingerprint density at radius 1 is 1.35 bits per heavy atom. The first-order chi connectivity index (χ1) is 12.6. The first-order valence-corrected chi connectivity index (χ1v) is 9.59. The fourth-order valence-corrected chi connectivity index (χ4v) is 3.61. The van der Waals surface area contributed by atoms with Crippen molar-refractivity contribution in [2.75, 3.05) is 18.4 Å². The molecule has 2 aromatic rings. The first-order valence-electron chi connectivity index (χ1n) is 9.21. The maximum absolute atomic E-state index is 12.8. The van der Waals surface area contributed by atoms with Gasteiger partial charge in [0.2, 0.25) is 0 Å². The molecule has 26 heavy (non-hydrogen) atoms. The smallest absolute Gasteiger partial charge is 0.255 e. The predicted molar refractivity (Wildman–Crippen MR) is 105 cm³/mol. The molecule has 0 aromatic carbocycles. The number of pyridine rings is 2. The number of amides is 1. The Morgan fingerprint density at radius 2 is 2.19 bits per heavy atom. The quantitative estimate of drug-likeness (QED) is 0.816. The molecule has 1 aliphatic heterocycles. The van der Waals surface area contributed by atoms with Gasteiger partial charge < -0.3 is 10.2 Å². The van der Waals surface area contributed by atoms with Crippen molar-refractivity contribution in [2.45, 2.75) is 39.5 Å². The van der Waals surface area contributed by atoms with Crippen LogP contribution in [-0.4, -0.2) is 33.9 Å². The first kappa shape index (κ1) is 18.6. The highest BCUT2D eigenvalue weighted by molar-refractivity contribution is 6.33. The van der Waals surface area contributed by atoms with Crippen LogP contribution >= 0.6 is 11.6 Å². The molecular formula is C20H25ClN4O. The van der Waals surface area contributed by atoms with E-state index in [1.807, 2.05) is 24.0 Å². The number of halogens is 1. The largest absolute Gasteiger partial charge is 0.338 e. The standard InChI is InChI=1S/C20H25ClN4O/c1-3-5-15-6-4-9-25(13-15)20(26)16-10-18(21)19(23-11-16)24-17-8-7-14(2)22-12-17/h7-8,10-12,15H,3-6,9,13H2,1-2H3,(H,23,24). The molecule has 138 valence electrons. The van der Waals surface area contributed by atoms with Gasteiger partial charge in [-0.3, -0.25) is 9.78 Å². The van der Waals surface area contributed by atoms with Crippen molar-refractivity contribution in [3.05, 3.63) is 46.9 Å². The molecule has 3 rings (SSSR count). The van der Waals surface area contributed by atoms with Gasteiger partial charge in [-0.15, -0.1) is 0 Å². The number of aromatic nitrogens is 2. The molecule has 1 unspecified atom stereocenters. The third kappa shape index (κ3) is 4.52. The van der Waals surface area contributed by atoms with Crippen LogP contribution in [0, 0.1) is 12.8 Å². The normalized spacial score (nSPS) is 17.2. The number of piperidine rings is 1. The van der Waals surface area contributed by atoms with Crippen molar-refractivity contribution in [3.8, 4) is 0 Å². The van der Waals surface area contributed by atoms with Crippen LogP contribution in [0.2, 0.25) is 5.02 Å². The summed E-state index contributed by atoms with van der Waals surface area (Å²) in [5, 5.41) is 3.57. The minimum Gasteiger partial charge on any atom is -0.338 e. The van der Waals surface area contributed by atoms with E-state index < -0.39 is 0 Å². The molecule has 1 amide bonds. The van der Waals surface area contributed by atoms with Gasteiger partial charge in [0.05, 0.1) is 22.5 Å². The summed E-state index contributed by atoms with van der Waals surface area (Å²) < 4.78 is 0. The average molecular weight is 373 g/mol. The van der Waals surface area contributed by atoms with E-state index in [0.29, 0.717) is 22.3 Å². The summed E-state index contributed by atoms with van der Waals surface area (Å²) in [5.74, 6) is 1.15. The number of carbonyl (C=O) groups is 1. The third-order valence-electron chi connectivity index (χ3n) is 4.77. The number of likely N-dealkylation sites (tertiary alicyclic amines) is 1. The van der Waals surface area contributed by atoms with Gasteiger partial charge in [0.25, 0.3) is 5.91 Å². The van der Waals surface area contributed by atoms with Crippen molar-refractivity contribution < 1.29 is 4.79 Å². The molecule has 0 spiro atoms. The highest BCUT2D eigenvalue weighted by Gasteiger charge is 2.24. The van der Waals surface area contributed by atoms with E-state index in [9.17, 15) is 4.79 Å². The second kappa shape index (κ2) is 8.49. The van der Waals surface area contributed by atoms with Crippen LogP contribution in [-0.2, 0) is 0 Å². The van der Waals surface area contributed by atoms with Crippen molar-refractivity contribution in [1.82, 2.24) is 14.9 Å². The highest BCUT2D eigenvalue weighted by atomic mass is 35.5. The molecule has 0 saturated carbocycles. The Labute approximate surface area is 159 Å². The molecule has 5 nitrogen and oxygen atoms in total. The third-order valence-corrected chi connectivity index (χ3v) is 5.05. The van der Waals surface area contributed by atoms with E-state index in [1.165, 1.54) is 12.8 Å². The zero-order chi connectivity index (χ0) is 18.5. The number of anilines is 2. The van der Waals surface area contributed by atoms with Crippen LogP contribution in [0.4, 0.5) is 11.5 Å². The van der Waals surface area contributed by atoms with Crippen LogP contribution in [0.1, 0.15) is 48.7 Å². The molecule has 1 atom stereocenters. The SMILES string of the molecule is CCCC1CCCN(C(=O)c2cnc(Nc3ccc(C)nc3)c(Cl)c2)C1. The molecule has 0 bridgehead atoms. The summed E-state index contributed by atoms with van der Waals surface area (Å²) in [7, 11) is 0. The summed E-state index contributed by atoms with van der Waals surface area (Å²) in [6.45, 7) is 5.77. The lowest BCUT2D eigenvalue weighted by atomic mass is 9.93. The van der Waals surface area contributed by atoms with E-state index in [4.69, 9.17) is 11.6 Å². The topological polar surface area (TPSA) is 58.1 Å². The molecule has 0 aliphatic carbocycles. The molecule has 0 radical (unpaired) electrons. The van der Waals surface area contributed by atoms with Gasteiger partial charge in [-0.2, -0.15) is 0 Å². The van der Waals surface area contributed by atoms with E-state index in [1.54, 1.807) is 18.5 Å². The Morgan fingerprint density at radius 3 is 2.88 bits per heavy atom. The molecule has 1 saturated heterocycles. The van der Waals surface area contributed by atoms with Crippen LogP contribution < -0.4 is 5.32 Å². The number of aryl methyl sites for hydroxylation is 1. The summed E-state index contributed by atoms with van der Waals surface area (Å²) in [4.78, 5) is 23.3. The maximum Gasteiger partial charge on any atom is 0.255 e. The predicted octanol–water partition coefficient (Wildman–Crippen LogP) is 4.83. The summed E-state index contributed by atoms with van der Waals surface area (Å²) >= 11 is 6.36. The molecule has 6 heteroatoms. The number of nitrogens with zero attached hydrogens (tertiary/aromatic N) is 3. The van der Waals surface area contributed by atoms with Gasteiger partial charge in [-0.1, -0.05) is 24.9 Å². The number of hydrogen-bond donors (Lipinski definition) is 1. The Kier molecular flexibility index (Phi) is 6.09. The monoisotopic (exact) mass is 372 g/mol. The van der Waals surface area contributed by atoms with E-state index >= 15 is 0 Å². The van der Waals surface area contributed by atoms with Crippen molar-refractivity contribution in [3.63, 3.8) is 0 Å². The molecule has 1 fully saturated rings. The minimum atomic E-state index is 0.0174. The van der Waals surface area contributed by atoms with Crippen LogP contribution in [0.15, 0.2) is 30.6 Å². The van der Waals surface area contributed by atoms with Gasteiger partial charge in [0, 0.05) is 25.0 Å². The lowest BCUT2D eigenvalue weighted by Crippen LogP contribution is -2.39. The van der Waals surface area contributed by atoms with Crippen LogP contribution in [0.5, 0.6) is 0 Å². The van der Waals surface area contributed by atoms with Crippen LogP contribution in [0.25, 0.3) is 0 Å². The Balaban J connectivity index is 1.70. The van der Waals surface area contributed by atoms with Gasteiger partial charge in [0.1, 0.15) is 5.82 Å². The number of hydrogen-bond acceptors (Lipinski definition) is 4. The second-order valence-corrected chi connectivity index (χ2v) is 7.32. The summed E-state index contributed by atoms with van der Waals surface area (Å²) in [6, 6.07) is 5.53. The number of rotatable bonds is 5. The lowest BCUT2D eigenvalue weighted by molar-refractivity contribution is 0.0667. The molecular weight excluding hydrogens is 348 g/mol. The van der Waals surface area contributed by atoms with Crippen molar-refractivity contribution in [1.29, 1.82) is 0 Å². The lowest BCUT2D eigenvalue weighted by Gasteiger charge is -2.32. The van der Waals surface area contributed by atoms with Gasteiger partial charge >= 0.3 is 0 Å². The summed E-state index contributed by atoms with van der Waals surface area (Å²) in [5.41, 5.74) is 2.29. The molecule has 1 N–H and O–H groups in total. The summed E-state index contributed by atoms with van der Waals surface area (Å²) in [6.07, 6.45) is 7.95. The van der Waals surface area contributed by atoms with Crippen molar-refractivity contribution >= 4 is 29.0 Å². The Hall–Kier alpha value is -2.14. The van der Waals surface area contributed by atoms with Crippen molar-refractivity contribution in [2.24, 2.45) is 5.92 Å². The van der Waals surface area contributed by atoms with Gasteiger partial charge in [-0.05, 0) is 50.3 Å². The minimum absolute atomic E-state index is 0.0174. The zero-order valence-corrected chi connectivity index (χ0v) is 16.1. The maximum atomic E-state index is 12.8. The molecule has 2 aromatic heterocycles. The van der Waals surface area contributed by atoms with E-state index in [0.717, 1.165) is 37.3 Å². The van der Waals surface area contributed by atoms with Gasteiger partial charge in [0.15, 0.2) is 0 Å². The highest BCUT2D eigenvalue weighted by Crippen LogP contribution is 2.26. The van der Waals surface area contributed by atoms with Gasteiger partial charge in [-0.25, -0.2) is 4.98 Å². The Bertz CT molecular complexity index is 761. The van der Waals surface area contributed by atoms with Crippen LogP contribution in [0.3, 0.4) is 0 Å². The zero-order valence-electron chi connectivity index (χ0n) is 15.3. The fourth-order valence-electron chi connectivity index (χ4n) is 3.40. The number of carbonyl (C=O) groups excluding carboxylic acids is 1. The average Bonchev–Trinajstić information content (AvgIpc) is 2.65. The van der Waals surface area contributed by atoms with E-state index in [-0.39, 0.29) is 5.91 Å². The second-order valence-electron chi connectivity index (χ2n) is 6.92. The molecule has 3 heterocycles. The molecule has 1 aliphatic rings. The number of nitrogens with one attached hydrogen (secondary N) is 1.